The summed E-state index contributed by atoms with van der Waals surface area (Å²) < 4.78 is 13.6. The maximum absolute atomic E-state index is 13.6. The molecule has 0 aromatic heterocycles. The summed E-state index contributed by atoms with van der Waals surface area (Å²) in [6, 6.07) is 10.0. The van der Waals surface area contributed by atoms with Crippen molar-refractivity contribution >= 4 is 28.7 Å². The first-order valence-electron chi connectivity index (χ1n) is 5.15. The van der Waals surface area contributed by atoms with E-state index in [-0.39, 0.29) is 5.82 Å². The highest BCUT2D eigenvalue weighted by Crippen LogP contribution is 2.30. The molecule has 17 heavy (non-hydrogen) atoms. The van der Waals surface area contributed by atoms with Crippen LogP contribution in [0.2, 0.25) is 5.02 Å². The number of anilines is 3. The van der Waals surface area contributed by atoms with E-state index >= 15 is 0 Å². The third-order valence-corrected chi connectivity index (χ3v) is 2.77. The zero-order chi connectivity index (χ0) is 12.4. The molecule has 2 aromatic carbocycles. The molecule has 0 heterocycles. The summed E-state index contributed by atoms with van der Waals surface area (Å²) in [4.78, 5) is 0. The lowest BCUT2D eigenvalue weighted by atomic mass is 10.2. The van der Waals surface area contributed by atoms with Crippen molar-refractivity contribution in [2.24, 2.45) is 0 Å². The third kappa shape index (κ3) is 2.50. The SMILES string of the molecule is Cc1ccc(F)c(Nc2cccc(Cl)c2N)c1. The van der Waals surface area contributed by atoms with Gasteiger partial charge in [-0.1, -0.05) is 23.7 Å². The minimum atomic E-state index is -0.324. The van der Waals surface area contributed by atoms with E-state index in [9.17, 15) is 4.39 Å². The monoisotopic (exact) mass is 250 g/mol. The highest BCUT2D eigenvalue weighted by molar-refractivity contribution is 6.33. The summed E-state index contributed by atoms with van der Waals surface area (Å²) in [7, 11) is 0. The Bertz CT molecular complexity index is 555. The second kappa shape index (κ2) is 4.63. The van der Waals surface area contributed by atoms with Crippen LogP contribution < -0.4 is 11.1 Å². The molecular formula is C13H12ClFN2. The number of halogens is 2. The molecule has 3 N–H and O–H groups in total. The molecule has 0 atom stereocenters. The van der Waals surface area contributed by atoms with Gasteiger partial charge in [0, 0.05) is 0 Å². The van der Waals surface area contributed by atoms with E-state index in [1.165, 1.54) is 6.07 Å². The fraction of sp³-hybridized carbons (Fsp3) is 0.0769. The van der Waals surface area contributed by atoms with Gasteiger partial charge in [0.2, 0.25) is 0 Å². The van der Waals surface area contributed by atoms with E-state index in [0.29, 0.717) is 22.1 Å². The van der Waals surface area contributed by atoms with Crippen LogP contribution in [0.3, 0.4) is 0 Å². The molecule has 0 saturated carbocycles. The second-order valence-corrected chi connectivity index (χ2v) is 4.22. The Labute approximate surface area is 104 Å². The Balaban J connectivity index is 2.38. The molecule has 0 spiro atoms. The lowest BCUT2D eigenvalue weighted by molar-refractivity contribution is 0.631. The van der Waals surface area contributed by atoms with Crippen molar-refractivity contribution in [2.45, 2.75) is 6.92 Å². The van der Waals surface area contributed by atoms with E-state index in [1.54, 1.807) is 30.3 Å². The quantitative estimate of drug-likeness (QED) is 0.787. The summed E-state index contributed by atoms with van der Waals surface area (Å²) in [5.41, 5.74) is 8.17. The van der Waals surface area contributed by atoms with Crippen LogP contribution >= 0.6 is 11.6 Å². The normalized spacial score (nSPS) is 10.3. The van der Waals surface area contributed by atoms with Gasteiger partial charge in [-0.2, -0.15) is 0 Å². The number of nitrogens with one attached hydrogen (secondary N) is 1. The molecule has 0 aliphatic carbocycles. The second-order valence-electron chi connectivity index (χ2n) is 3.81. The van der Waals surface area contributed by atoms with Crippen LogP contribution in [0.1, 0.15) is 5.56 Å². The van der Waals surface area contributed by atoms with E-state index in [2.05, 4.69) is 5.32 Å². The van der Waals surface area contributed by atoms with Gasteiger partial charge in [-0.15, -0.1) is 0 Å². The van der Waals surface area contributed by atoms with Gasteiger partial charge in [-0.25, -0.2) is 4.39 Å². The number of benzene rings is 2. The summed E-state index contributed by atoms with van der Waals surface area (Å²) in [5.74, 6) is -0.324. The van der Waals surface area contributed by atoms with Crippen LogP contribution in [0, 0.1) is 12.7 Å². The van der Waals surface area contributed by atoms with Crippen molar-refractivity contribution in [3.63, 3.8) is 0 Å². The Morgan fingerprint density at radius 2 is 1.94 bits per heavy atom. The Morgan fingerprint density at radius 1 is 1.18 bits per heavy atom. The molecule has 2 aromatic rings. The predicted octanol–water partition coefficient (Wildman–Crippen LogP) is 4.11. The largest absolute Gasteiger partial charge is 0.396 e. The molecule has 0 aliphatic rings. The molecule has 0 amide bonds. The highest BCUT2D eigenvalue weighted by Gasteiger charge is 2.06. The van der Waals surface area contributed by atoms with Crippen LogP contribution in [0.4, 0.5) is 21.5 Å². The minimum Gasteiger partial charge on any atom is -0.396 e. The van der Waals surface area contributed by atoms with Crippen molar-refractivity contribution in [3.8, 4) is 0 Å². The van der Waals surface area contributed by atoms with Crippen molar-refractivity contribution in [1.82, 2.24) is 0 Å². The molecular weight excluding hydrogens is 239 g/mol. The molecule has 0 radical (unpaired) electrons. The van der Waals surface area contributed by atoms with Gasteiger partial charge >= 0.3 is 0 Å². The minimum absolute atomic E-state index is 0.324. The van der Waals surface area contributed by atoms with Crippen molar-refractivity contribution in [2.75, 3.05) is 11.1 Å². The Morgan fingerprint density at radius 3 is 2.71 bits per heavy atom. The van der Waals surface area contributed by atoms with E-state index in [1.807, 2.05) is 6.92 Å². The zero-order valence-corrected chi connectivity index (χ0v) is 10.1. The molecule has 0 fully saturated rings. The molecule has 4 heteroatoms. The first kappa shape index (κ1) is 11.7. The number of aryl methyl sites for hydroxylation is 1. The smallest absolute Gasteiger partial charge is 0.146 e. The summed E-state index contributed by atoms with van der Waals surface area (Å²) in [6.07, 6.45) is 0. The van der Waals surface area contributed by atoms with Gasteiger partial charge in [-0.05, 0) is 36.8 Å². The number of hydrogen-bond donors (Lipinski definition) is 2. The van der Waals surface area contributed by atoms with E-state index in [0.717, 1.165) is 5.56 Å². The molecule has 88 valence electrons. The zero-order valence-electron chi connectivity index (χ0n) is 9.30. The van der Waals surface area contributed by atoms with Crippen LogP contribution in [0.25, 0.3) is 0 Å². The molecule has 0 aliphatic heterocycles. The van der Waals surface area contributed by atoms with Crippen LogP contribution in [-0.2, 0) is 0 Å². The lowest BCUT2D eigenvalue weighted by Gasteiger charge is -2.11. The summed E-state index contributed by atoms with van der Waals surface area (Å²) >= 11 is 5.89. The number of nitrogens with two attached hydrogens (primary N) is 1. The van der Waals surface area contributed by atoms with Crippen LogP contribution in [0.5, 0.6) is 0 Å². The van der Waals surface area contributed by atoms with E-state index < -0.39 is 0 Å². The summed E-state index contributed by atoms with van der Waals surface area (Å²) in [6.45, 7) is 1.89. The van der Waals surface area contributed by atoms with Gasteiger partial charge < -0.3 is 11.1 Å². The topological polar surface area (TPSA) is 38.0 Å². The number of para-hydroxylation sites is 1. The molecule has 0 bridgehead atoms. The van der Waals surface area contributed by atoms with Gasteiger partial charge in [0.25, 0.3) is 0 Å². The van der Waals surface area contributed by atoms with Crippen molar-refractivity contribution in [1.29, 1.82) is 0 Å². The van der Waals surface area contributed by atoms with Crippen LogP contribution in [-0.4, -0.2) is 0 Å². The van der Waals surface area contributed by atoms with Crippen molar-refractivity contribution < 1.29 is 4.39 Å². The first-order chi connectivity index (χ1) is 8.08. The predicted molar refractivity (Wildman–Crippen MR) is 70.3 cm³/mol. The Kier molecular flexibility index (Phi) is 3.20. The molecule has 0 unspecified atom stereocenters. The highest BCUT2D eigenvalue weighted by atomic mass is 35.5. The fourth-order valence-corrected chi connectivity index (χ4v) is 1.70. The van der Waals surface area contributed by atoms with Gasteiger partial charge in [0.1, 0.15) is 5.82 Å². The molecule has 0 saturated heterocycles. The number of nitrogen functional groups attached to an aromatic ring is 1. The maximum Gasteiger partial charge on any atom is 0.146 e. The number of rotatable bonds is 2. The van der Waals surface area contributed by atoms with E-state index in [4.69, 9.17) is 17.3 Å². The molecule has 2 nitrogen and oxygen atoms in total. The number of hydrogen-bond acceptors (Lipinski definition) is 2. The standard InChI is InChI=1S/C13H12ClFN2/c1-8-5-6-10(15)12(7-8)17-11-4-2-3-9(14)13(11)16/h2-7,17H,16H2,1H3. The fourth-order valence-electron chi connectivity index (χ4n) is 1.53. The first-order valence-corrected chi connectivity index (χ1v) is 5.53. The van der Waals surface area contributed by atoms with Gasteiger partial charge in [0.15, 0.2) is 0 Å². The summed E-state index contributed by atoms with van der Waals surface area (Å²) in [5, 5.41) is 3.38. The molecule has 2 rings (SSSR count). The maximum atomic E-state index is 13.6. The average Bonchev–Trinajstić information content (AvgIpc) is 2.30. The van der Waals surface area contributed by atoms with Gasteiger partial charge in [0.05, 0.1) is 22.1 Å². The van der Waals surface area contributed by atoms with Crippen molar-refractivity contribution in [3.05, 3.63) is 52.8 Å². The lowest BCUT2D eigenvalue weighted by Crippen LogP contribution is -1.99. The Hall–Kier alpha value is -1.74. The third-order valence-electron chi connectivity index (χ3n) is 2.44. The van der Waals surface area contributed by atoms with Crippen LogP contribution in [0.15, 0.2) is 36.4 Å². The average molecular weight is 251 g/mol. The van der Waals surface area contributed by atoms with Gasteiger partial charge in [-0.3, -0.25) is 0 Å².